The zero-order valence-electron chi connectivity index (χ0n) is 12.7. The number of halogens is 2. The lowest BCUT2D eigenvalue weighted by Crippen LogP contribution is -2.30. The molecule has 3 nitrogen and oxygen atoms in total. The molecule has 2 aromatic rings. The summed E-state index contributed by atoms with van der Waals surface area (Å²) in [6.45, 7) is 0. The Bertz CT molecular complexity index is 842. The number of Topliss-reactive ketones (excluding diaryl/α,β-unsaturated/α-hetero) is 3. The highest BCUT2D eigenvalue weighted by Gasteiger charge is 2.33. The van der Waals surface area contributed by atoms with E-state index in [1.807, 2.05) is 12.1 Å². The molecule has 0 spiro atoms. The van der Waals surface area contributed by atoms with Gasteiger partial charge in [-0.3, -0.25) is 14.4 Å². The van der Waals surface area contributed by atoms with E-state index in [-0.39, 0.29) is 28.6 Å². The summed E-state index contributed by atoms with van der Waals surface area (Å²) in [5.41, 5.74) is 1.74. The summed E-state index contributed by atoms with van der Waals surface area (Å²) in [6.07, 6.45) is 0.744. The fourth-order valence-corrected chi connectivity index (χ4v) is 3.39. The van der Waals surface area contributed by atoms with E-state index in [2.05, 4.69) is 0 Å². The van der Waals surface area contributed by atoms with Crippen molar-refractivity contribution in [2.24, 2.45) is 5.92 Å². The smallest absolute Gasteiger partial charge is 0.173 e. The van der Waals surface area contributed by atoms with E-state index < -0.39 is 11.7 Å². The molecule has 1 aliphatic carbocycles. The standard InChI is InChI=1S/C19H14Cl2O3/c20-12-6-8-16(21)15(9-12)18(23)10-17(22)14-7-5-11-3-1-2-4-13(11)19(14)24/h1-4,6,8-9,14H,5,7,10H2. The fourth-order valence-electron chi connectivity index (χ4n) is 2.99. The van der Waals surface area contributed by atoms with Crippen molar-refractivity contribution in [1.29, 1.82) is 0 Å². The molecular weight excluding hydrogens is 347 g/mol. The van der Waals surface area contributed by atoms with Crippen molar-refractivity contribution in [3.63, 3.8) is 0 Å². The minimum absolute atomic E-state index is 0.202. The maximum absolute atomic E-state index is 12.5. The molecule has 24 heavy (non-hydrogen) atoms. The van der Waals surface area contributed by atoms with Crippen LogP contribution in [0.5, 0.6) is 0 Å². The first kappa shape index (κ1) is 16.9. The van der Waals surface area contributed by atoms with Gasteiger partial charge in [0.15, 0.2) is 17.3 Å². The normalized spacial score (nSPS) is 16.6. The maximum Gasteiger partial charge on any atom is 0.173 e. The highest BCUT2D eigenvalue weighted by atomic mass is 35.5. The van der Waals surface area contributed by atoms with Crippen LogP contribution in [0.3, 0.4) is 0 Å². The van der Waals surface area contributed by atoms with Gasteiger partial charge in [-0.1, -0.05) is 47.5 Å². The second-order valence-electron chi connectivity index (χ2n) is 5.80. The summed E-state index contributed by atoms with van der Waals surface area (Å²) in [5, 5.41) is 0.621. The van der Waals surface area contributed by atoms with Crippen molar-refractivity contribution in [1.82, 2.24) is 0 Å². The zero-order chi connectivity index (χ0) is 17.3. The summed E-state index contributed by atoms with van der Waals surface area (Å²) >= 11 is 11.9. The molecule has 0 radical (unpaired) electrons. The monoisotopic (exact) mass is 360 g/mol. The van der Waals surface area contributed by atoms with Gasteiger partial charge >= 0.3 is 0 Å². The SMILES string of the molecule is O=C(CC(=O)C1CCc2ccccc2C1=O)c1cc(Cl)ccc1Cl. The fraction of sp³-hybridized carbons (Fsp3) is 0.211. The minimum atomic E-state index is -0.762. The molecule has 0 saturated carbocycles. The number of carbonyl (C=O) groups excluding carboxylic acids is 3. The van der Waals surface area contributed by atoms with Crippen LogP contribution in [-0.2, 0) is 11.2 Å². The highest BCUT2D eigenvalue weighted by molar-refractivity contribution is 6.36. The third-order valence-electron chi connectivity index (χ3n) is 4.25. The van der Waals surface area contributed by atoms with Crippen LogP contribution in [0.4, 0.5) is 0 Å². The van der Waals surface area contributed by atoms with Gasteiger partial charge in [-0.2, -0.15) is 0 Å². The van der Waals surface area contributed by atoms with E-state index in [1.54, 1.807) is 18.2 Å². The van der Waals surface area contributed by atoms with Crippen molar-refractivity contribution >= 4 is 40.6 Å². The van der Waals surface area contributed by atoms with Crippen LogP contribution in [0.1, 0.15) is 39.1 Å². The van der Waals surface area contributed by atoms with Crippen molar-refractivity contribution in [3.8, 4) is 0 Å². The Morgan fingerprint density at radius 3 is 2.62 bits per heavy atom. The van der Waals surface area contributed by atoms with Crippen molar-refractivity contribution < 1.29 is 14.4 Å². The molecule has 122 valence electrons. The van der Waals surface area contributed by atoms with Gasteiger partial charge in [-0.25, -0.2) is 0 Å². The van der Waals surface area contributed by atoms with Crippen molar-refractivity contribution in [3.05, 3.63) is 69.2 Å². The maximum atomic E-state index is 12.5. The number of rotatable bonds is 4. The van der Waals surface area contributed by atoms with E-state index in [0.717, 1.165) is 5.56 Å². The lowest BCUT2D eigenvalue weighted by atomic mass is 9.79. The van der Waals surface area contributed by atoms with E-state index in [1.165, 1.54) is 12.1 Å². The average molecular weight is 361 g/mol. The summed E-state index contributed by atoms with van der Waals surface area (Å²) in [6, 6.07) is 11.8. The number of hydrogen-bond acceptors (Lipinski definition) is 3. The van der Waals surface area contributed by atoms with Gasteiger partial charge in [-0.15, -0.1) is 0 Å². The molecule has 0 heterocycles. The van der Waals surface area contributed by atoms with E-state index in [0.29, 0.717) is 23.4 Å². The number of aryl methyl sites for hydroxylation is 1. The second kappa shape index (κ2) is 6.88. The van der Waals surface area contributed by atoms with Gasteiger partial charge < -0.3 is 0 Å². The lowest BCUT2D eigenvalue weighted by molar-refractivity contribution is -0.120. The molecule has 3 rings (SSSR count). The lowest BCUT2D eigenvalue weighted by Gasteiger charge is -2.22. The van der Waals surface area contributed by atoms with Crippen molar-refractivity contribution in [2.45, 2.75) is 19.3 Å². The minimum Gasteiger partial charge on any atom is -0.298 e. The first-order chi connectivity index (χ1) is 11.5. The number of carbonyl (C=O) groups is 3. The molecule has 1 atom stereocenters. The van der Waals surface area contributed by atoms with Gasteiger partial charge in [0.25, 0.3) is 0 Å². The summed E-state index contributed by atoms with van der Waals surface area (Å²) in [5.74, 6) is -1.75. The quantitative estimate of drug-likeness (QED) is 0.592. The van der Waals surface area contributed by atoms with Gasteiger partial charge in [0, 0.05) is 16.1 Å². The summed E-state index contributed by atoms with van der Waals surface area (Å²) < 4.78 is 0. The molecule has 2 aromatic carbocycles. The molecule has 0 aliphatic heterocycles. The largest absolute Gasteiger partial charge is 0.298 e. The Morgan fingerprint density at radius 1 is 1.08 bits per heavy atom. The molecule has 5 heteroatoms. The number of ketones is 3. The number of fused-ring (bicyclic) bond motifs is 1. The molecule has 0 N–H and O–H groups in total. The molecule has 0 bridgehead atoms. The zero-order valence-corrected chi connectivity index (χ0v) is 14.2. The third kappa shape index (κ3) is 3.28. The summed E-state index contributed by atoms with van der Waals surface area (Å²) in [4.78, 5) is 37.3. The topological polar surface area (TPSA) is 51.2 Å². The predicted molar refractivity (Wildman–Crippen MR) is 93.0 cm³/mol. The van der Waals surface area contributed by atoms with Crippen LogP contribution in [0.25, 0.3) is 0 Å². The highest BCUT2D eigenvalue weighted by Crippen LogP contribution is 2.28. The first-order valence-corrected chi connectivity index (χ1v) is 8.36. The van der Waals surface area contributed by atoms with Crippen LogP contribution in [0, 0.1) is 5.92 Å². The average Bonchev–Trinajstić information content (AvgIpc) is 2.57. The Morgan fingerprint density at radius 2 is 1.83 bits per heavy atom. The summed E-state index contributed by atoms with van der Waals surface area (Å²) in [7, 11) is 0. The van der Waals surface area contributed by atoms with Gasteiger partial charge in [-0.05, 0) is 36.6 Å². The van der Waals surface area contributed by atoms with Crippen LogP contribution < -0.4 is 0 Å². The Kier molecular flexibility index (Phi) is 4.83. The first-order valence-electron chi connectivity index (χ1n) is 7.60. The molecule has 0 amide bonds. The number of hydrogen-bond donors (Lipinski definition) is 0. The van der Waals surface area contributed by atoms with Crippen LogP contribution in [-0.4, -0.2) is 17.3 Å². The Hall–Kier alpha value is -1.97. The Balaban J connectivity index is 1.77. The van der Waals surface area contributed by atoms with Crippen LogP contribution in [0.2, 0.25) is 10.0 Å². The van der Waals surface area contributed by atoms with Gasteiger partial charge in [0.05, 0.1) is 17.4 Å². The molecule has 0 fully saturated rings. The van der Waals surface area contributed by atoms with Gasteiger partial charge in [0.1, 0.15) is 0 Å². The predicted octanol–water partition coefficient (Wildman–Crippen LogP) is 4.58. The Labute approximate surface area is 149 Å². The molecular formula is C19H14Cl2O3. The van der Waals surface area contributed by atoms with Crippen LogP contribution in [0.15, 0.2) is 42.5 Å². The molecule has 0 aromatic heterocycles. The second-order valence-corrected chi connectivity index (χ2v) is 6.65. The van der Waals surface area contributed by atoms with Crippen LogP contribution >= 0.6 is 23.2 Å². The molecule has 1 unspecified atom stereocenters. The van der Waals surface area contributed by atoms with E-state index >= 15 is 0 Å². The van der Waals surface area contributed by atoms with E-state index in [4.69, 9.17) is 23.2 Å². The molecule has 0 saturated heterocycles. The molecule has 1 aliphatic rings. The third-order valence-corrected chi connectivity index (χ3v) is 4.82. The van der Waals surface area contributed by atoms with Crippen molar-refractivity contribution in [2.75, 3.05) is 0 Å². The van der Waals surface area contributed by atoms with E-state index in [9.17, 15) is 14.4 Å². The number of benzene rings is 2. The van der Waals surface area contributed by atoms with Gasteiger partial charge in [0.2, 0.25) is 0 Å².